The highest BCUT2D eigenvalue weighted by Crippen LogP contribution is 2.25. The minimum absolute atomic E-state index is 0.00868. The number of nitrogens with zero attached hydrogens (tertiary/aromatic N) is 2. The van der Waals surface area contributed by atoms with E-state index < -0.39 is 0 Å². The maximum atomic E-state index is 5.87. The number of hydrogen-bond acceptors (Lipinski definition) is 2. The van der Waals surface area contributed by atoms with Crippen LogP contribution in [0, 0.1) is 12.8 Å². The average Bonchev–Trinajstić information content (AvgIpc) is 2.50. The van der Waals surface area contributed by atoms with Gasteiger partial charge in [-0.25, -0.2) is 4.98 Å². The Hall–Kier alpha value is -0.830. The Kier molecular flexibility index (Phi) is 3.32. The summed E-state index contributed by atoms with van der Waals surface area (Å²) < 4.78 is 2.19. The van der Waals surface area contributed by atoms with Gasteiger partial charge < -0.3 is 10.3 Å². The van der Waals surface area contributed by atoms with E-state index in [9.17, 15) is 0 Å². The number of imidazole rings is 1. The monoisotopic (exact) mass is 195 g/mol. The van der Waals surface area contributed by atoms with Crippen LogP contribution in [0.1, 0.15) is 32.9 Å². The molecule has 0 aliphatic rings. The largest absolute Gasteiger partial charge is 0.328 e. The summed E-state index contributed by atoms with van der Waals surface area (Å²) >= 11 is 0. The number of aromatic nitrogens is 2. The van der Waals surface area contributed by atoms with Crippen LogP contribution < -0.4 is 5.73 Å². The van der Waals surface area contributed by atoms with E-state index in [0.717, 1.165) is 6.42 Å². The van der Waals surface area contributed by atoms with Gasteiger partial charge in [-0.15, -0.1) is 0 Å². The minimum atomic E-state index is 0.00868. The third-order valence-corrected chi connectivity index (χ3v) is 2.69. The number of rotatable bonds is 4. The van der Waals surface area contributed by atoms with Gasteiger partial charge in [0.15, 0.2) is 0 Å². The lowest BCUT2D eigenvalue weighted by Gasteiger charge is -2.32. The molecule has 80 valence electrons. The van der Waals surface area contributed by atoms with Crippen LogP contribution in [-0.4, -0.2) is 16.1 Å². The quantitative estimate of drug-likeness (QED) is 0.797. The SMILES string of the molecule is Cc1cncn1C(C)(CN)CC(C)C. The molecule has 2 N–H and O–H groups in total. The fourth-order valence-corrected chi connectivity index (χ4v) is 2.09. The lowest BCUT2D eigenvalue weighted by atomic mass is 9.90. The van der Waals surface area contributed by atoms with E-state index in [2.05, 4.69) is 37.2 Å². The van der Waals surface area contributed by atoms with Crippen LogP contribution in [0.5, 0.6) is 0 Å². The topological polar surface area (TPSA) is 43.8 Å². The number of aryl methyl sites for hydroxylation is 1. The van der Waals surface area contributed by atoms with Gasteiger partial charge in [0.1, 0.15) is 0 Å². The molecule has 0 aliphatic heterocycles. The molecule has 1 rings (SSSR count). The van der Waals surface area contributed by atoms with Crippen LogP contribution in [0.2, 0.25) is 0 Å². The van der Waals surface area contributed by atoms with Crippen molar-refractivity contribution >= 4 is 0 Å². The first-order valence-electron chi connectivity index (χ1n) is 5.19. The molecule has 0 saturated carbocycles. The Balaban J connectivity index is 2.95. The van der Waals surface area contributed by atoms with Crippen LogP contribution in [-0.2, 0) is 5.54 Å². The molecule has 0 fully saturated rings. The van der Waals surface area contributed by atoms with Gasteiger partial charge >= 0.3 is 0 Å². The molecule has 0 aromatic carbocycles. The van der Waals surface area contributed by atoms with Gasteiger partial charge in [-0.2, -0.15) is 0 Å². The van der Waals surface area contributed by atoms with Crippen molar-refractivity contribution in [3.8, 4) is 0 Å². The Bertz CT molecular complexity index is 290. The summed E-state index contributed by atoms with van der Waals surface area (Å²) in [5.74, 6) is 0.644. The van der Waals surface area contributed by atoms with Crippen LogP contribution in [0.25, 0.3) is 0 Å². The fraction of sp³-hybridized carbons (Fsp3) is 0.727. The van der Waals surface area contributed by atoms with Crippen LogP contribution in [0.4, 0.5) is 0 Å². The highest BCUT2D eigenvalue weighted by molar-refractivity contribution is 5.01. The van der Waals surface area contributed by atoms with Crippen LogP contribution in [0.15, 0.2) is 12.5 Å². The second-order valence-electron chi connectivity index (χ2n) is 4.70. The standard InChI is InChI=1S/C11H21N3/c1-9(2)5-11(4,7-12)14-8-13-6-10(14)3/h6,8-9H,5,7,12H2,1-4H3. The van der Waals surface area contributed by atoms with E-state index >= 15 is 0 Å². The van der Waals surface area contributed by atoms with E-state index in [1.807, 2.05) is 12.5 Å². The molecule has 1 unspecified atom stereocenters. The van der Waals surface area contributed by atoms with Crippen molar-refractivity contribution in [1.82, 2.24) is 9.55 Å². The molecule has 14 heavy (non-hydrogen) atoms. The Labute approximate surface area is 86.3 Å². The lowest BCUT2D eigenvalue weighted by molar-refractivity contribution is 0.260. The van der Waals surface area contributed by atoms with Crippen molar-refractivity contribution in [1.29, 1.82) is 0 Å². The molecule has 0 amide bonds. The Morgan fingerprint density at radius 1 is 1.57 bits per heavy atom. The Morgan fingerprint density at radius 3 is 2.57 bits per heavy atom. The minimum Gasteiger partial charge on any atom is -0.328 e. The lowest BCUT2D eigenvalue weighted by Crippen LogP contribution is -2.39. The molecular weight excluding hydrogens is 174 g/mol. The zero-order chi connectivity index (χ0) is 10.8. The van der Waals surface area contributed by atoms with Gasteiger partial charge in [0.2, 0.25) is 0 Å². The molecule has 0 saturated heterocycles. The first-order chi connectivity index (χ1) is 6.49. The Morgan fingerprint density at radius 2 is 2.21 bits per heavy atom. The van der Waals surface area contributed by atoms with Crippen molar-refractivity contribution in [3.05, 3.63) is 18.2 Å². The van der Waals surface area contributed by atoms with E-state index in [1.165, 1.54) is 5.69 Å². The summed E-state index contributed by atoms with van der Waals surface area (Å²) in [6, 6.07) is 0. The molecule has 1 aromatic rings. The summed E-state index contributed by atoms with van der Waals surface area (Å²) in [6.07, 6.45) is 4.85. The molecule has 1 heterocycles. The molecule has 0 aliphatic carbocycles. The van der Waals surface area contributed by atoms with Crippen molar-refractivity contribution in [2.75, 3.05) is 6.54 Å². The molecular formula is C11H21N3. The highest BCUT2D eigenvalue weighted by Gasteiger charge is 2.26. The summed E-state index contributed by atoms with van der Waals surface area (Å²) in [5, 5.41) is 0. The summed E-state index contributed by atoms with van der Waals surface area (Å²) in [4.78, 5) is 4.15. The van der Waals surface area contributed by atoms with Crippen molar-refractivity contribution in [2.24, 2.45) is 11.7 Å². The average molecular weight is 195 g/mol. The third kappa shape index (κ3) is 2.15. The summed E-state index contributed by atoms with van der Waals surface area (Å²) in [5.41, 5.74) is 7.05. The van der Waals surface area contributed by atoms with Gasteiger partial charge in [-0.1, -0.05) is 13.8 Å². The van der Waals surface area contributed by atoms with Crippen molar-refractivity contribution < 1.29 is 0 Å². The highest BCUT2D eigenvalue weighted by atomic mass is 15.1. The second-order valence-corrected chi connectivity index (χ2v) is 4.70. The summed E-state index contributed by atoms with van der Waals surface area (Å²) in [6.45, 7) is 9.37. The predicted octanol–water partition coefficient (Wildman–Crippen LogP) is 1.91. The third-order valence-electron chi connectivity index (χ3n) is 2.69. The predicted molar refractivity (Wildman–Crippen MR) is 59.1 cm³/mol. The zero-order valence-electron chi connectivity index (χ0n) is 9.62. The number of nitrogens with two attached hydrogens (primary N) is 1. The van der Waals surface area contributed by atoms with Gasteiger partial charge in [0.05, 0.1) is 11.9 Å². The smallest absolute Gasteiger partial charge is 0.0953 e. The zero-order valence-corrected chi connectivity index (χ0v) is 9.62. The molecule has 3 nitrogen and oxygen atoms in total. The van der Waals surface area contributed by atoms with Gasteiger partial charge in [0, 0.05) is 18.4 Å². The van der Waals surface area contributed by atoms with E-state index in [1.54, 1.807) is 0 Å². The van der Waals surface area contributed by atoms with Crippen LogP contribution in [0.3, 0.4) is 0 Å². The van der Waals surface area contributed by atoms with E-state index in [-0.39, 0.29) is 5.54 Å². The van der Waals surface area contributed by atoms with Gasteiger partial charge in [0.25, 0.3) is 0 Å². The van der Waals surface area contributed by atoms with E-state index in [4.69, 9.17) is 5.73 Å². The maximum absolute atomic E-state index is 5.87. The first-order valence-corrected chi connectivity index (χ1v) is 5.19. The first kappa shape index (κ1) is 11.2. The van der Waals surface area contributed by atoms with Crippen molar-refractivity contribution in [3.63, 3.8) is 0 Å². The normalized spacial score (nSPS) is 15.9. The molecule has 1 aromatic heterocycles. The molecule has 3 heteroatoms. The fourth-order valence-electron chi connectivity index (χ4n) is 2.09. The van der Waals surface area contributed by atoms with Gasteiger partial charge in [-0.3, -0.25) is 0 Å². The molecule has 0 radical (unpaired) electrons. The molecule has 1 atom stereocenters. The maximum Gasteiger partial charge on any atom is 0.0953 e. The molecule has 0 bridgehead atoms. The van der Waals surface area contributed by atoms with Crippen LogP contribution >= 0.6 is 0 Å². The summed E-state index contributed by atoms with van der Waals surface area (Å²) in [7, 11) is 0. The number of hydrogen-bond donors (Lipinski definition) is 1. The van der Waals surface area contributed by atoms with E-state index in [0.29, 0.717) is 12.5 Å². The van der Waals surface area contributed by atoms with Crippen molar-refractivity contribution in [2.45, 2.75) is 39.7 Å². The van der Waals surface area contributed by atoms with Gasteiger partial charge in [-0.05, 0) is 26.2 Å². The molecule has 0 spiro atoms. The second kappa shape index (κ2) is 4.13.